The van der Waals surface area contributed by atoms with E-state index in [9.17, 15) is 16.8 Å². The molecule has 0 radical (unpaired) electrons. The van der Waals surface area contributed by atoms with Crippen LogP contribution in [0.1, 0.15) is 34.6 Å². The van der Waals surface area contributed by atoms with E-state index in [4.69, 9.17) is 4.74 Å². The number of hydrogen-bond acceptors (Lipinski definition) is 5. The molecule has 0 atom stereocenters. The van der Waals surface area contributed by atoms with Crippen LogP contribution in [0.3, 0.4) is 0 Å². The van der Waals surface area contributed by atoms with E-state index in [1.807, 2.05) is 13.8 Å². The van der Waals surface area contributed by atoms with E-state index in [0.29, 0.717) is 5.75 Å². The molecule has 0 heterocycles. The highest BCUT2D eigenvalue weighted by Gasteiger charge is 2.29. The van der Waals surface area contributed by atoms with Crippen LogP contribution < -0.4 is 9.46 Å². The van der Waals surface area contributed by atoms with Gasteiger partial charge in [-0.15, -0.1) is 0 Å². The number of nitrogens with one attached hydrogen (secondary N) is 1. The Morgan fingerprint density at radius 2 is 1.60 bits per heavy atom. The Bertz CT molecular complexity index is 764. The molecule has 1 N–H and O–H groups in total. The summed E-state index contributed by atoms with van der Waals surface area (Å²) in [5, 5.41) is 0. The summed E-state index contributed by atoms with van der Waals surface area (Å²) in [5.41, 5.74) is -0.630. The normalized spacial score (nSPS) is 13.4. The molecular formula is C16H28N2O5S2. The van der Waals surface area contributed by atoms with E-state index >= 15 is 0 Å². The van der Waals surface area contributed by atoms with E-state index < -0.39 is 25.6 Å². The lowest BCUT2D eigenvalue weighted by atomic mass is 10.1. The molecule has 0 fully saturated rings. The van der Waals surface area contributed by atoms with Gasteiger partial charge in [0.1, 0.15) is 5.75 Å². The molecule has 1 aromatic carbocycles. The second-order valence-corrected chi connectivity index (χ2v) is 10.7. The molecule has 0 aliphatic rings. The van der Waals surface area contributed by atoms with Crippen LogP contribution in [-0.2, 0) is 20.0 Å². The molecule has 0 amide bonds. The number of nitrogens with zero attached hydrogens (tertiary/aromatic N) is 1. The molecule has 0 aromatic heterocycles. The van der Waals surface area contributed by atoms with Crippen molar-refractivity contribution in [3.63, 3.8) is 0 Å². The van der Waals surface area contributed by atoms with Crippen LogP contribution in [0.25, 0.3) is 0 Å². The second-order valence-electron chi connectivity index (χ2n) is 7.04. The van der Waals surface area contributed by atoms with Crippen molar-refractivity contribution in [3.8, 4) is 5.75 Å². The van der Waals surface area contributed by atoms with Gasteiger partial charge in [-0.05, 0) is 58.9 Å². The van der Waals surface area contributed by atoms with E-state index in [-0.39, 0.29) is 24.1 Å². The maximum Gasteiger partial charge on any atom is 0.240 e. The SMILES string of the molecule is CC(C)Oc1ccc(S(=O)(=O)NCCN(C(C)(C)C)S(C)(=O)=O)cc1. The summed E-state index contributed by atoms with van der Waals surface area (Å²) in [6, 6.07) is 6.09. The zero-order chi connectivity index (χ0) is 19.5. The molecule has 9 heteroatoms. The van der Waals surface area contributed by atoms with Crippen molar-refractivity contribution in [2.75, 3.05) is 19.3 Å². The number of hydrogen-bond donors (Lipinski definition) is 1. The van der Waals surface area contributed by atoms with Crippen molar-refractivity contribution < 1.29 is 21.6 Å². The molecule has 1 rings (SSSR count). The molecule has 0 saturated heterocycles. The Morgan fingerprint density at radius 1 is 1.08 bits per heavy atom. The lowest BCUT2D eigenvalue weighted by molar-refractivity contribution is 0.242. The molecule has 0 saturated carbocycles. The molecular weight excluding hydrogens is 364 g/mol. The highest BCUT2D eigenvalue weighted by atomic mass is 32.2. The molecule has 1 aromatic rings. The molecule has 0 unspecified atom stereocenters. The molecule has 0 spiro atoms. The summed E-state index contributed by atoms with van der Waals surface area (Å²) in [6.07, 6.45) is 1.11. The first-order chi connectivity index (χ1) is 11.2. The van der Waals surface area contributed by atoms with E-state index in [0.717, 1.165) is 6.26 Å². The van der Waals surface area contributed by atoms with Crippen LogP contribution in [0.5, 0.6) is 5.75 Å². The van der Waals surface area contributed by atoms with Gasteiger partial charge in [-0.25, -0.2) is 21.6 Å². The van der Waals surface area contributed by atoms with Crippen molar-refractivity contribution >= 4 is 20.0 Å². The van der Waals surface area contributed by atoms with Crippen LogP contribution in [0.2, 0.25) is 0 Å². The lowest BCUT2D eigenvalue weighted by Crippen LogP contribution is -2.48. The maximum absolute atomic E-state index is 12.3. The number of rotatable bonds is 8. The van der Waals surface area contributed by atoms with Gasteiger partial charge in [0.05, 0.1) is 17.3 Å². The van der Waals surface area contributed by atoms with Crippen LogP contribution >= 0.6 is 0 Å². The van der Waals surface area contributed by atoms with Crippen molar-refractivity contribution in [2.45, 2.75) is 51.2 Å². The van der Waals surface area contributed by atoms with Crippen molar-refractivity contribution in [2.24, 2.45) is 0 Å². The van der Waals surface area contributed by atoms with Gasteiger partial charge >= 0.3 is 0 Å². The van der Waals surface area contributed by atoms with Crippen LogP contribution in [-0.4, -0.2) is 52.1 Å². The van der Waals surface area contributed by atoms with Crippen LogP contribution in [0.4, 0.5) is 0 Å². The minimum absolute atomic E-state index is 0.0000407. The topological polar surface area (TPSA) is 92.8 Å². The quantitative estimate of drug-likeness (QED) is 0.728. The van der Waals surface area contributed by atoms with E-state index in [1.54, 1.807) is 32.9 Å². The molecule has 144 valence electrons. The third-order valence-electron chi connectivity index (χ3n) is 3.26. The predicted octanol–water partition coefficient (Wildman–Crippen LogP) is 1.81. The van der Waals surface area contributed by atoms with Gasteiger partial charge in [-0.1, -0.05) is 0 Å². The maximum atomic E-state index is 12.3. The Balaban J connectivity index is 2.78. The van der Waals surface area contributed by atoms with Crippen molar-refractivity contribution in [1.29, 1.82) is 0 Å². The highest BCUT2D eigenvalue weighted by molar-refractivity contribution is 7.89. The van der Waals surface area contributed by atoms with Crippen LogP contribution in [0, 0.1) is 0 Å². The fraction of sp³-hybridized carbons (Fsp3) is 0.625. The van der Waals surface area contributed by atoms with Gasteiger partial charge in [-0.2, -0.15) is 4.31 Å². The van der Waals surface area contributed by atoms with Gasteiger partial charge in [0.15, 0.2) is 0 Å². The van der Waals surface area contributed by atoms with Gasteiger partial charge in [0, 0.05) is 18.6 Å². The molecule has 0 aliphatic carbocycles. The smallest absolute Gasteiger partial charge is 0.240 e. The number of benzene rings is 1. The lowest BCUT2D eigenvalue weighted by Gasteiger charge is -2.33. The predicted molar refractivity (Wildman–Crippen MR) is 98.7 cm³/mol. The summed E-state index contributed by atoms with van der Waals surface area (Å²) in [6.45, 7) is 9.08. The van der Waals surface area contributed by atoms with Gasteiger partial charge in [0.2, 0.25) is 20.0 Å². The van der Waals surface area contributed by atoms with Crippen LogP contribution in [0.15, 0.2) is 29.2 Å². The Kier molecular flexibility index (Phi) is 7.03. The second kappa shape index (κ2) is 8.03. The standard InChI is InChI=1S/C16H28N2O5S2/c1-13(2)23-14-7-9-15(10-8-14)25(21,22)17-11-12-18(16(3,4)5)24(6,19)20/h7-10,13,17H,11-12H2,1-6H3. The zero-order valence-electron chi connectivity index (χ0n) is 15.6. The monoisotopic (exact) mass is 392 g/mol. The first-order valence-corrected chi connectivity index (χ1v) is 11.3. The first-order valence-electron chi connectivity index (χ1n) is 7.98. The van der Waals surface area contributed by atoms with Gasteiger partial charge in [-0.3, -0.25) is 0 Å². The molecule has 25 heavy (non-hydrogen) atoms. The summed E-state index contributed by atoms with van der Waals surface area (Å²) >= 11 is 0. The summed E-state index contributed by atoms with van der Waals surface area (Å²) in [4.78, 5) is 0.102. The van der Waals surface area contributed by atoms with Gasteiger partial charge in [0.25, 0.3) is 0 Å². The third-order valence-corrected chi connectivity index (χ3v) is 6.27. The number of sulfonamides is 2. The minimum Gasteiger partial charge on any atom is -0.491 e. The Morgan fingerprint density at radius 3 is 2.00 bits per heavy atom. The average Bonchev–Trinajstić information content (AvgIpc) is 2.40. The van der Waals surface area contributed by atoms with Gasteiger partial charge < -0.3 is 4.74 Å². The molecule has 7 nitrogen and oxygen atoms in total. The zero-order valence-corrected chi connectivity index (χ0v) is 17.2. The highest BCUT2D eigenvalue weighted by Crippen LogP contribution is 2.18. The average molecular weight is 393 g/mol. The number of ether oxygens (including phenoxy) is 1. The molecule has 0 aliphatic heterocycles. The fourth-order valence-electron chi connectivity index (χ4n) is 2.33. The molecule has 0 bridgehead atoms. The first kappa shape index (κ1) is 21.9. The third kappa shape index (κ3) is 6.93. The van der Waals surface area contributed by atoms with Crippen molar-refractivity contribution in [1.82, 2.24) is 9.03 Å². The van der Waals surface area contributed by atoms with E-state index in [2.05, 4.69) is 4.72 Å². The van der Waals surface area contributed by atoms with Crippen molar-refractivity contribution in [3.05, 3.63) is 24.3 Å². The summed E-state index contributed by atoms with van der Waals surface area (Å²) in [5.74, 6) is 0.588. The van der Waals surface area contributed by atoms with E-state index in [1.165, 1.54) is 16.4 Å². The Hall–Kier alpha value is -1.16. The summed E-state index contributed by atoms with van der Waals surface area (Å²) < 4.78 is 57.6. The fourth-order valence-corrected chi connectivity index (χ4v) is 4.77. The minimum atomic E-state index is -3.72. The summed E-state index contributed by atoms with van der Waals surface area (Å²) in [7, 11) is -7.16. The Labute approximate surface area is 151 Å². The largest absolute Gasteiger partial charge is 0.491 e.